The van der Waals surface area contributed by atoms with E-state index in [-0.39, 0.29) is 23.8 Å². The van der Waals surface area contributed by atoms with Gasteiger partial charge in [-0.25, -0.2) is 5.43 Å². The Kier molecular flexibility index (Phi) is 9.28. The molecule has 0 bridgehead atoms. The van der Waals surface area contributed by atoms with Crippen LogP contribution >= 0.6 is 0 Å². The fourth-order valence-electron chi connectivity index (χ4n) is 3.77. The van der Waals surface area contributed by atoms with Gasteiger partial charge in [-0.15, -0.1) is 0 Å². The predicted molar refractivity (Wildman–Crippen MR) is 122 cm³/mol. The normalized spacial score (nSPS) is 15.8. The van der Waals surface area contributed by atoms with Crippen LogP contribution in [-0.4, -0.2) is 16.5 Å². The first-order valence-electron chi connectivity index (χ1n) is 11.4. The molecule has 3 rings (SSSR count). The Morgan fingerprint density at radius 1 is 0.969 bits per heavy atom. The van der Waals surface area contributed by atoms with E-state index in [9.17, 15) is 14.9 Å². The van der Waals surface area contributed by atoms with Gasteiger partial charge in [0.1, 0.15) is 12.4 Å². The second-order valence-electron chi connectivity index (χ2n) is 8.08. The molecule has 0 saturated heterocycles. The molecule has 1 fully saturated rings. The van der Waals surface area contributed by atoms with Crippen molar-refractivity contribution in [3.8, 4) is 5.75 Å². The smallest absolute Gasteiger partial charge is 0.310 e. The fourth-order valence-corrected chi connectivity index (χ4v) is 3.77. The van der Waals surface area contributed by atoms with Crippen LogP contribution in [0.15, 0.2) is 45.9 Å². The van der Waals surface area contributed by atoms with Crippen LogP contribution in [0.4, 0.5) is 5.69 Å². The first-order valence-corrected chi connectivity index (χ1v) is 11.4. The zero-order valence-electron chi connectivity index (χ0n) is 18.4. The summed E-state index contributed by atoms with van der Waals surface area (Å²) in [4.78, 5) is 23.0. The summed E-state index contributed by atoms with van der Waals surface area (Å²) in [5.74, 6) is 0.255. The van der Waals surface area contributed by atoms with E-state index in [1.54, 1.807) is 24.3 Å². The number of para-hydroxylation sites is 2. The number of carbonyl (C=O) groups is 1. The summed E-state index contributed by atoms with van der Waals surface area (Å²) in [5, 5.41) is 15.4. The molecule has 1 aromatic carbocycles. The van der Waals surface area contributed by atoms with Gasteiger partial charge in [-0.2, -0.15) is 5.10 Å². The summed E-state index contributed by atoms with van der Waals surface area (Å²) in [5.41, 5.74) is 3.53. The number of nitro groups is 1. The standard InChI is InChI=1S/C24H31N3O5/c28-24(26-25-19-12-8-6-4-2-1-3-5-7-9-13-19)23-17-16-20(32-23)18-31-22-15-11-10-14-21(22)27(29)30/h10-11,14-17H,1-9,12-13,18H2,(H,26,28). The quantitative estimate of drug-likeness (QED) is 0.427. The lowest BCUT2D eigenvalue weighted by Gasteiger charge is -2.09. The van der Waals surface area contributed by atoms with Gasteiger partial charge in [-0.05, 0) is 43.9 Å². The van der Waals surface area contributed by atoms with Crippen molar-refractivity contribution in [3.63, 3.8) is 0 Å². The molecular weight excluding hydrogens is 410 g/mol. The van der Waals surface area contributed by atoms with Gasteiger partial charge in [0.2, 0.25) is 0 Å². The molecule has 0 aliphatic heterocycles. The maximum absolute atomic E-state index is 12.5. The number of hydrogen-bond acceptors (Lipinski definition) is 6. The summed E-state index contributed by atoms with van der Waals surface area (Å²) in [7, 11) is 0. The maximum Gasteiger partial charge on any atom is 0.310 e. The van der Waals surface area contributed by atoms with E-state index in [4.69, 9.17) is 9.15 Å². The van der Waals surface area contributed by atoms with Crippen molar-refractivity contribution in [3.05, 3.63) is 58.0 Å². The average molecular weight is 442 g/mol. The number of amides is 1. The van der Waals surface area contributed by atoms with Crippen LogP contribution in [0.1, 0.15) is 86.9 Å². The molecule has 1 aromatic heterocycles. The molecule has 8 heteroatoms. The molecule has 8 nitrogen and oxygen atoms in total. The number of furan rings is 1. The highest BCUT2D eigenvalue weighted by Gasteiger charge is 2.16. The first-order chi connectivity index (χ1) is 15.6. The Morgan fingerprint density at radius 2 is 1.59 bits per heavy atom. The molecular formula is C24H31N3O5. The average Bonchev–Trinajstić information content (AvgIpc) is 3.26. The van der Waals surface area contributed by atoms with Crippen LogP contribution in [0.5, 0.6) is 5.75 Å². The molecule has 1 aliphatic rings. The molecule has 1 saturated carbocycles. The van der Waals surface area contributed by atoms with E-state index in [1.165, 1.54) is 57.1 Å². The largest absolute Gasteiger partial charge is 0.479 e. The van der Waals surface area contributed by atoms with Crippen LogP contribution in [0.3, 0.4) is 0 Å². The van der Waals surface area contributed by atoms with Crippen LogP contribution in [0.25, 0.3) is 0 Å². The third-order valence-corrected chi connectivity index (χ3v) is 5.56. The van der Waals surface area contributed by atoms with Crippen molar-refractivity contribution < 1.29 is 18.9 Å². The molecule has 0 unspecified atom stereocenters. The Morgan fingerprint density at radius 3 is 2.25 bits per heavy atom. The molecule has 2 aromatic rings. The van der Waals surface area contributed by atoms with Crippen molar-refractivity contribution in [2.75, 3.05) is 0 Å². The van der Waals surface area contributed by atoms with Crippen LogP contribution in [0, 0.1) is 10.1 Å². The SMILES string of the molecule is O=C(NN=C1CCCCCCCCCCC1)c1ccc(COc2ccccc2[N+](=O)[O-])o1. The lowest BCUT2D eigenvalue weighted by atomic mass is 10.00. The van der Waals surface area contributed by atoms with Gasteiger partial charge < -0.3 is 9.15 Å². The number of nitrogens with one attached hydrogen (secondary N) is 1. The summed E-state index contributed by atoms with van der Waals surface area (Å²) < 4.78 is 11.0. The van der Waals surface area contributed by atoms with Gasteiger partial charge in [-0.1, -0.05) is 57.1 Å². The van der Waals surface area contributed by atoms with Gasteiger partial charge in [0.25, 0.3) is 0 Å². The van der Waals surface area contributed by atoms with E-state index in [2.05, 4.69) is 10.5 Å². The highest BCUT2D eigenvalue weighted by Crippen LogP contribution is 2.27. The topological polar surface area (TPSA) is 107 Å². The van der Waals surface area contributed by atoms with E-state index >= 15 is 0 Å². The number of carbonyl (C=O) groups excluding carboxylic acids is 1. The lowest BCUT2D eigenvalue weighted by molar-refractivity contribution is -0.386. The number of benzene rings is 1. The minimum atomic E-state index is -0.502. The summed E-state index contributed by atoms with van der Waals surface area (Å²) in [6, 6.07) is 9.29. The second kappa shape index (κ2) is 12.6. The molecule has 0 radical (unpaired) electrons. The van der Waals surface area contributed by atoms with Crippen molar-refractivity contribution >= 4 is 17.3 Å². The number of hydrazone groups is 1. The van der Waals surface area contributed by atoms with Crippen LogP contribution in [0.2, 0.25) is 0 Å². The highest BCUT2D eigenvalue weighted by atomic mass is 16.6. The molecule has 32 heavy (non-hydrogen) atoms. The number of rotatable bonds is 6. The Bertz CT molecular complexity index is 908. The van der Waals surface area contributed by atoms with Crippen LogP contribution in [-0.2, 0) is 6.61 Å². The molecule has 0 spiro atoms. The van der Waals surface area contributed by atoms with Crippen LogP contribution < -0.4 is 10.2 Å². The Balaban J connectivity index is 1.53. The minimum absolute atomic E-state index is 0.0212. The maximum atomic E-state index is 12.5. The van der Waals surface area contributed by atoms with Crippen molar-refractivity contribution in [1.29, 1.82) is 0 Å². The molecule has 1 aliphatic carbocycles. The number of nitrogens with zero attached hydrogens (tertiary/aromatic N) is 2. The monoisotopic (exact) mass is 441 g/mol. The predicted octanol–water partition coefficient (Wildman–Crippen LogP) is 6.16. The molecule has 1 amide bonds. The van der Waals surface area contributed by atoms with Gasteiger partial charge in [0.15, 0.2) is 11.5 Å². The Hall–Kier alpha value is -3.16. The van der Waals surface area contributed by atoms with Crippen molar-refractivity contribution in [2.24, 2.45) is 5.10 Å². The summed E-state index contributed by atoms with van der Waals surface area (Å²) in [6.07, 6.45) is 12.9. The number of ether oxygens (including phenoxy) is 1. The highest BCUT2D eigenvalue weighted by molar-refractivity contribution is 5.93. The number of hydrogen-bond donors (Lipinski definition) is 1. The van der Waals surface area contributed by atoms with E-state index < -0.39 is 10.8 Å². The molecule has 1 heterocycles. The van der Waals surface area contributed by atoms with Gasteiger partial charge in [0.05, 0.1) is 4.92 Å². The summed E-state index contributed by atoms with van der Waals surface area (Å²) >= 11 is 0. The molecule has 1 N–H and O–H groups in total. The van der Waals surface area contributed by atoms with E-state index in [0.29, 0.717) is 5.76 Å². The van der Waals surface area contributed by atoms with Crippen molar-refractivity contribution in [1.82, 2.24) is 5.43 Å². The van der Waals surface area contributed by atoms with E-state index in [1.807, 2.05) is 0 Å². The summed E-state index contributed by atoms with van der Waals surface area (Å²) in [6.45, 7) is -0.0212. The van der Waals surface area contributed by atoms with Gasteiger partial charge >= 0.3 is 11.6 Å². The van der Waals surface area contributed by atoms with Gasteiger partial charge in [0, 0.05) is 11.8 Å². The fraction of sp³-hybridized carbons (Fsp3) is 0.500. The Labute approximate surface area is 188 Å². The first kappa shape index (κ1) is 23.5. The number of nitro benzene ring substituents is 1. The van der Waals surface area contributed by atoms with Gasteiger partial charge in [-0.3, -0.25) is 14.9 Å². The minimum Gasteiger partial charge on any atom is -0.479 e. The molecule has 0 atom stereocenters. The van der Waals surface area contributed by atoms with E-state index in [0.717, 1.165) is 31.4 Å². The zero-order chi connectivity index (χ0) is 22.6. The lowest BCUT2D eigenvalue weighted by Crippen LogP contribution is -2.19. The zero-order valence-corrected chi connectivity index (χ0v) is 18.4. The second-order valence-corrected chi connectivity index (χ2v) is 8.08. The molecule has 172 valence electrons. The third-order valence-electron chi connectivity index (χ3n) is 5.56. The van der Waals surface area contributed by atoms with Crippen molar-refractivity contribution in [2.45, 2.75) is 77.2 Å². The third kappa shape index (κ3) is 7.51.